The zero-order chi connectivity index (χ0) is 16.8. The summed E-state index contributed by atoms with van der Waals surface area (Å²) in [6.07, 6.45) is -0.804. The van der Waals surface area contributed by atoms with Crippen molar-refractivity contribution in [2.24, 2.45) is 0 Å². The Morgan fingerprint density at radius 1 is 0.917 bits per heavy atom. The van der Waals surface area contributed by atoms with Crippen LogP contribution in [0.1, 0.15) is 24.0 Å². The Kier molecular flexibility index (Phi) is 5.61. The van der Waals surface area contributed by atoms with Crippen LogP contribution in [0.2, 0.25) is 0 Å². The first kappa shape index (κ1) is 17.1. The van der Waals surface area contributed by atoms with Crippen LogP contribution in [0, 0.1) is 0 Å². The third-order valence-electron chi connectivity index (χ3n) is 4.52. The summed E-state index contributed by atoms with van der Waals surface area (Å²) >= 11 is 0. The van der Waals surface area contributed by atoms with Crippen molar-refractivity contribution in [2.45, 2.75) is 43.9 Å². The predicted octanol–water partition coefficient (Wildman–Crippen LogP) is 3.65. The Labute approximate surface area is 142 Å². The maximum absolute atomic E-state index is 15.3. The van der Waals surface area contributed by atoms with Crippen molar-refractivity contribution < 1.29 is 19.0 Å². The van der Waals surface area contributed by atoms with E-state index in [-0.39, 0.29) is 6.61 Å². The number of halogens is 1. The maximum atomic E-state index is 15.3. The minimum absolute atomic E-state index is 0.164. The highest BCUT2D eigenvalue weighted by Crippen LogP contribution is 2.37. The highest BCUT2D eigenvalue weighted by atomic mass is 19.1. The number of aliphatic hydroxyl groups is 1. The molecule has 0 spiro atoms. The van der Waals surface area contributed by atoms with Gasteiger partial charge in [0.05, 0.1) is 32.0 Å². The Hall–Kier alpha value is -1.75. The lowest BCUT2D eigenvalue weighted by atomic mass is 10.0. The van der Waals surface area contributed by atoms with Crippen LogP contribution in [-0.2, 0) is 22.7 Å². The van der Waals surface area contributed by atoms with Gasteiger partial charge in [0.15, 0.2) is 5.67 Å². The fourth-order valence-corrected chi connectivity index (χ4v) is 3.09. The summed E-state index contributed by atoms with van der Waals surface area (Å²) in [6.45, 7) is 0.496. The van der Waals surface area contributed by atoms with E-state index < -0.39 is 17.9 Å². The second kappa shape index (κ2) is 7.88. The molecule has 0 radical (unpaired) electrons. The average Bonchev–Trinajstić information content (AvgIpc) is 2.90. The molecule has 4 heteroatoms. The minimum Gasteiger partial charge on any atom is -0.390 e. The van der Waals surface area contributed by atoms with Crippen molar-refractivity contribution in [3.63, 3.8) is 0 Å². The van der Waals surface area contributed by atoms with Crippen LogP contribution in [0.4, 0.5) is 4.39 Å². The van der Waals surface area contributed by atoms with Gasteiger partial charge in [0.1, 0.15) is 0 Å². The predicted molar refractivity (Wildman–Crippen MR) is 90.2 cm³/mol. The molecule has 1 aliphatic rings. The first-order chi connectivity index (χ1) is 11.7. The van der Waals surface area contributed by atoms with E-state index in [0.717, 1.165) is 11.1 Å². The van der Waals surface area contributed by atoms with Crippen LogP contribution in [0.5, 0.6) is 0 Å². The molecule has 3 nitrogen and oxygen atoms in total. The van der Waals surface area contributed by atoms with Gasteiger partial charge in [-0.25, -0.2) is 4.39 Å². The van der Waals surface area contributed by atoms with E-state index in [2.05, 4.69) is 0 Å². The van der Waals surface area contributed by atoms with Gasteiger partial charge in [0.25, 0.3) is 0 Å². The molecular formula is C20H23FO3. The summed E-state index contributed by atoms with van der Waals surface area (Å²) in [5, 5.41) is 10.1. The standard InChI is InChI=1S/C20H23FO3/c21-20(15-23-13-16-7-3-1-4-8-16)18(22)11-12-19(20)24-14-17-9-5-2-6-10-17/h1-10,18-19,22H,11-15H2/t18-,19-,20-/m0/s1. The van der Waals surface area contributed by atoms with Crippen LogP contribution in [-0.4, -0.2) is 29.6 Å². The van der Waals surface area contributed by atoms with Gasteiger partial charge in [0.2, 0.25) is 0 Å². The number of hydrogen-bond donors (Lipinski definition) is 1. The first-order valence-corrected chi connectivity index (χ1v) is 8.32. The van der Waals surface area contributed by atoms with E-state index in [4.69, 9.17) is 9.47 Å². The maximum Gasteiger partial charge on any atom is 0.185 e. The van der Waals surface area contributed by atoms with Gasteiger partial charge < -0.3 is 14.6 Å². The number of benzene rings is 2. The molecule has 1 fully saturated rings. The summed E-state index contributed by atoms with van der Waals surface area (Å²) in [6, 6.07) is 19.3. The lowest BCUT2D eigenvalue weighted by Crippen LogP contribution is -2.47. The molecular weight excluding hydrogens is 307 g/mol. The number of rotatable bonds is 7. The van der Waals surface area contributed by atoms with Gasteiger partial charge in [-0.15, -0.1) is 0 Å². The molecule has 0 bridgehead atoms. The molecule has 2 aromatic rings. The van der Waals surface area contributed by atoms with Crippen molar-refractivity contribution in [2.75, 3.05) is 6.61 Å². The molecule has 24 heavy (non-hydrogen) atoms. The molecule has 1 aliphatic carbocycles. The van der Waals surface area contributed by atoms with E-state index >= 15 is 4.39 Å². The zero-order valence-electron chi connectivity index (χ0n) is 13.6. The summed E-state index contributed by atoms with van der Waals surface area (Å²) in [4.78, 5) is 0. The normalized spacial score (nSPS) is 26.6. The van der Waals surface area contributed by atoms with E-state index in [1.165, 1.54) is 0 Å². The van der Waals surface area contributed by atoms with Crippen LogP contribution < -0.4 is 0 Å². The third-order valence-corrected chi connectivity index (χ3v) is 4.52. The van der Waals surface area contributed by atoms with E-state index in [9.17, 15) is 5.11 Å². The van der Waals surface area contributed by atoms with Crippen LogP contribution in [0.15, 0.2) is 60.7 Å². The third kappa shape index (κ3) is 4.01. The van der Waals surface area contributed by atoms with E-state index in [1.807, 2.05) is 60.7 Å². The Bertz CT molecular complexity index is 619. The van der Waals surface area contributed by atoms with Gasteiger partial charge >= 0.3 is 0 Å². The summed E-state index contributed by atoms with van der Waals surface area (Å²) in [7, 11) is 0. The quantitative estimate of drug-likeness (QED) is 0.842. The number of ether oxygens (including phenoxy) is 2. The lowest BCUT2D eigenvalue weighted by molar-refractivity contribution is -0.127. The first-order valence-electron chi connectivity index (χ1n) is 8.32. The largest absolute Gasteiger partial charge is 0.390 e. The second-order valence-corrected chi connectivity index (χ2v) is 6.28. The molecule has 3 rings (SSSR count). The van der Waals surface area contributed by atoms with Crippen molar-refractivity contribution in [3.8, 4) is 0 Å². The average molecular weight is 330 g/mol. The molecule has 128 valence electrons. The fourth-order valence-electron chi connectivity index (χ4n) is 3.09. The topological polar surface area (TPSA) is 38.7 Å². The van der Waals surface area contributed by atoms with Crippen LogP contribution in [0.25, 0.3) is 0 Å². The van der Waals surface area contributed by atoms with Gasteiger partial charge in [0, 0.05) is 0 Å². The van der Waals surface area contributed by atoms with Crippen molar-refractivity contribution in [1.29, 1.82) is 0 Å². The SMILES string of the molecule is O[C@H]1CC[C@H](OCc2ccccc2)[C@]1(F)COCc1ccccc1. The lowest BCUT2D eigenvalue weighted by Gasteiger charge is -2.30. The highest BCUT2D eigenvalue weighted by molar-refractivity contribution is 5.14. The van der Waals surface area contributed by atoms with Crippen LogP contribution >= 0.6 is 0 Å². The molecule has 0 amide bonds. The number of aliphatic hydroxyl groups excluding tert-OH is 1. The molecule has 0 aromatic heterocycles. The summed E-state index contributed by atoms with van der Waals surface area (Å²) in [5.41, 5.74) is 0.116. The summed E-state index contributed by atoms with van der Waals surface area (Å²) in [5.74, 6) is 0. The molecule has 2 aromatic carbocycles. The molecule has 0 saturated heterocycles. The van der Waals surface area contributed by atoms with Crippen LogP contribution in [0.3, 0.4) is 0 Å². The van der Waals surface area contributed by atoms with Gasteiger partial charge in [-0.1, -0.05) is 60.7 Å². The molecule has 3 atom stereocenters. The van der Waals surface area contributed by atoms with Crippen molar-refractivity contribution in [3.05, 3.63) is 71.8 Å². The second-order valence-electron chi connectivity index (χ2n) is 6.28. The van der Waals surface area contributed by atoms with Gasteiger partial charge in [-0.2, -0.15) is 0 Å². The molecule has 1 N–H and O–H groups in total. The molecule has 0 unspecified atom stereocenters. The van der Waals surface area contributed by atoms with Gasteiger partial charge in [-0.05, 0) is 24.0 Å². The fraction of sp³-hybridized carbons (Fsp3) is 0.400. The van der Waals surface area contributed by atoms with E-state index in [0.29, 0.717) is 26.1 Å². The van der Waals surface area contributed by atoms with Crippen molar-refractivity contribution in [1.82, 2.24) is 0 Å². The van der Waals surface area contributed by atoms with Crippen molar-refractivity contribution >= 4 is 0 Å². The van der Waals surface area contributed by atoms with E-state index in [1.54, 1.807) is 0 Å². The molecule has 0 heterocycles. The monoisotopic (exact) mass is 330 g/mol. The Balaban J connectivity index is 1.55. The number of alkyl halides is 1. The molecule has 1 saturated carbocycles. The zero-order valence-corrected chi connectivity index (χ0v) is 13.6. The number of hydrogen-bond acceptors (Lipinski definition) is 3. The molecule has 0 aliphatic heterocycles. The summed E-state index contributed by atoms with van der Waals surface area (Å²) < 4.78 is 26.6. The van der Waals surface area contributed by atoms with Gasteiger partial charge in [-0.3, -0.25) is 0 Å². The minimum atomic E-state index is -1.86. The smallest absolute Gasteiger partial charge is 0.185 e. The Morgan fingerprint density at radius 2 is 1.50 bits per heavy atom. The Morgan fingerprint density at radius 3 is 2.12 bits per heavy atom. The highest BCUT2D eigenvalue weighted by Gasteiger charge is 2.51.